The molecule has 0 aromatic rings. The molecule has 35 heavy (non-hydrogen) atoms. The van der Waals surface area contributed by atoms with Crippen molar-refractivity contribution in [1.29, 1.82) is 0 Å². The van der Waals surface area contributed by atoms with Crippen LogP contribution < -0.4 is 5.73 Å². The fraction of sp³-hybridized carbons (Fsp3) is 0.409. The molecule has 4 aliphatic carbocycles. The molecule has 0 heterocycles. The molecule has 0 spiro atoms. The van der Waals surface area contributed by atoms with Crippen molar-refractivity contribution in [1.82, 2.24) is 4.90 Å². The second-order valence-electron chi connectivity index (χ2n) is 8.86. The molecule has 0 bridgehead atoms. The SMILES string of the molecule is CN(C)[C@@H]1C(=O)C(C(N)=O)=C(O)[C@@]2(O)C(O)=C3C(O)=C4C(=O)[C-]=CC(C(F)(F)F)=C4C[C@H]3C[C@@H]12.[Y]. The number of aliphatic hydroxyl groups is 4. The normalized spacial score (nSPS) is 30.9. The van der Waals surface area contributed by atoms with Gasteiger partial charge in [0.05, 0.1) is 17.6 Å². The number of nitrogens with zero attached hydrogens (tertiary/aromatic N) is 1. The van der Waals surface area contributed by atoms with Crippen molar-refractivity contribution in [2.75, 3.05) is 14.1 Å². The van der Waals surface area contributed by atoms with Crippen LogP contribution in [-0.4, -0.2) is 74.7 Å². The molecule has 0 aromatic carbocycles. The van der Waals surface area contributed by atoms with E-state index in [1.165, 1.54) is 19.0 Å². The maximum atomic E-state index is 13.6. The van der Waals surface area contributed by atoms with E-state index in [9.17, 15) is 48.0 Å². The van der Waals surface area contributed by atoms with Crippen LogP contribution in [0.1, 0.15) is 12.8 Å². The van der Waals surface area contributed by atoms with Crippen LogP contribution in [0.5, 0.6) is 0 Å². The van der Waals surface area contributed by atoms with Crippen LogP contribution in [-0.2, 0) is 47.1 Å². The van der Waals surface area contributed by atoms with Crippen LogP contribution in [0.3, 0.4) is 0 Å². The maximum Gasteiger partial charge on any atom is 0.370 e. The molecule has 1 amide bonds. The Morgan fingerprint density at radius 1 is 1.20 bits per heavy atom. The Bertz CT molecular complexity index is 1210. The van der Waals surface area contributed by atoms with Gasteiger partial charge in [0.2, 0.25) is 0 Å². The first-order valence-electron chi connectivity index (χ1n) is 10.1. The third-order valence-electron chi connectivity index (χ3n) is 6.85. The van der Waals surface area contributed by atoms with Crippen molar-refractivity contribution >= 4 is 17.5 Å². The van der Waals surface area contributed by atoms with E-state index in [4.69, 9.17) is 5.73 Å². The van der Waals surface area contributed by atoms with Gasteiger partial charge in [-0.15, -0.1) is 11.6 Å². The molecule has 6 N–H and O–H groups in total. The summed E-state index contributed by atoms with van der Waals surface area (Å²) in [5, 5.41) is 44.0. The zero-order valence-corrected chi connectivity index (χ0v) is 21.3. The van der Waals surface area contributed by atoms with Gasteiger partial charge in [-0.05, 0) is 38.4 Å². The molecule has 4 aliphatic rings. The predicted octanol–water partition coefficient (Wildman–Crippen LogP) is 0.990. The van der Waals surface area contributed by atoms with Gasteiger partial charge in [-0.1, -0.05) is 5.57 Å². The molecular formula is C22H20F3N2O7Y-. The third-order valence-corrected chi connectivity index (χ3v) is 6.85. The number of allylic oxidation sites excluding steroid dienone is 6. The van der Waals surface area contributed by atoms with Crippen LogP contribution >= 0.6 is 0 Å². The maximum absolute atomic E-state index is 13.6. The summed E-state index contributed by atoms with van der Waals surface area (Å²) in [5.74, 6) is -9.05. The Hall–Kier alpha value is -2.28. The van der Waals surface area contributed by atoms with Crippen LogP contribution in [0.25, 0.3) is 0 Å². The summed E-state index contributed by atoms with van der Waals surface area (Å²) in [6.45, 7) is 0. The van der Waals surface area contributed by atoms with E-state index in [0.29, 0.717) is 6.08 Å². The summed E-state index contributed by atoms with van der Waals surface area (Å²) in [5.41, 5.74) is -1.36. The third kappa shape index (κ3) is 3.73. The van der Waals surface area contributed by atoms with E-state index in [-0.39, 0.29) is 39.1 Å². The van der Waals surface area contributed by atoms with E-state index in [2.05, 4.69) is 0 Å². The topological polar surface area (TPSA) is 161 Å². The number of nitrogens with two attached hydrogens (primary N) is 1. The van der Waals surface area contributed by atoms with Gasteiger partial charge in [-0.3, -0.25) is 14.5 Å². The van der Waals surface area contributed by atoms with E-state index in [1.807, 2.05) is 6.08 Å². The number of rotatable bonds is 2. The van der Waals surface area contributed by atoms with E-state index >= 15 is 0 Å². The molecule has 1 radical (unpaired) electrons. The second-order valence-corrected chi connectivity index (χ2v) is 8.86. The van der Waals surface area contributed by atoms with Crippen LogP contribution in [0, 0.1) is 17.9 Å². The van der Waals surface area contributed by atoms with Gasteiger partial charge in [0.25, 0.3) is 5.91 Å². The molecule has 0 aromatic heterocycles. The largest absolute Gasteiger partial charge is 0.520 e. The molecule has 0 aliphatic heterocycles. The Balaban J connectivity index is 0.00000342. The number of likely N-dealkylation sites (N-methyl/N-ethyl adjacent to an activating group) is 1. The zero-order chi connectivity index (χ0) is 25.5. The molecule has 0 saturated carbocycles. The molecule has 4 atom stereocenters. The summed E-state index contributed by atoms with van der Waals surface area (Å²) in [6.07, 6.45) is -3.21. The van der Waals surface area contributed by atoms with E-state index in [1.54, 1.807) is 0 Å². The van der Waals surface area contributed by atoms with E-state index < -0.39 is 98.7 Å². The summed E-state index contributed by atoms with van der Waals surface area (Å²) < 4.78 is 40.8. The Morgan fingerprint density at radius 3 is 2.31 bits per heavy atom. The monoisotopic (exact) mass is 570 g/mol. The number of ketones is 2. The first kappa shape index (κ1) is 27.3. The fourth-order valence-corrected chi connectivity index (χ4v) is 5.44. The average Bonchev–Trinajstić information content (AvgIpc) is 2.69. The molecule has 13 heteroatoms. The number of fused-ring (bicyclic) bond motifs is 3. The molecule has 4 rings (SSSR count). The van der Waals surface area contributed by atoms with Crippen molar-refractivity contribution in [2.24, 2.45) is 17.6 Å². The van der Waals surface area contributed by atoms with Crippen molar-refractivity contribution in [2.45, 2.75) is 30.7 Å². The minimum absolute atomic E-state index is 0. The smallest absolute Gasteiger partial charge is 0.370 e. The minimum Gasteiger partial charge on any atom is -0.520 e. The fourth-order valence-electron chi connectivity index (χ4n) is 5.44. The molecule has 0 unspecified atom stereocenters. The first-order valence-corrected chi connectivity index (χ1v) is 10.1. The van der Waals surface area contributed by atoms with Crippen molar-refractivity contribution in [3.63, 3.8) is 0 Å². The van der Waals surface area contributed by atoms with Crippen LogP contribution in [0.2, 0.25) is 0 Å². The summed E-state index contributed by atoms with van der Waals surface area (Å²) in [7, 11) is 2.86. The Labute approximate surface area is 222 Å². The van der Waals surface area contributed by atoms with Gasteiger partial charge in [-0.2, -0.15) is 19.2 Å². The van der Waals surface area contributed by atoms with Gasteiger partial charge < -0.3 is 31.0 Å². The Kier molecular flexibility index (Phi) is 6.78. The first-order chi connectivity index (χ1) is 15.6. The number of primary amides is 1. The summed E-state index contributed by atoms with van der Waals surface area (Å²) in [6, 6.07) is -1.29. The average molecular weight is 570 g/mol. The van der Waals surface area contributed by atoms with Gasteiger partial charge in [0.1, 0.15) is 17.1 Å². The number of carbonyl (C=O) groups is 3. The van der Waals surface area contributed by atoms with E-state index in [0.717, 1.165) is 0 Å². The number of alkyl halides is 3. The molecule has 185 valence electrons. The van der Waals surface area contributed by atoms with Crippen molar-refractivity contribution < 1.29 is 80.7 Å². The minimum atomic E-state index is -4.86. The quantitative estimate of drug-likeness (QED) is 0.243. The predicted molar refractivity (Wildman–Crippen MR) is 108 cm³/mol. The number of carbonyl (C=O) groups excluding carboxylic acids is 3. The van der Waals surface area contributed by atoms with Gasteiger partial charge in [-0.25, -0.2) is 0 Å². The van der Waals surface area contributed by atoms with Crippen LogP contribution in [0.4, 0.5) is 13.2 Å². The van der Waals surface area contributed by atoms with Crippen molar-refractivity contribution in [3.05, 3.63) is 57.3 Å². The number of hydrogen-bond donors (Lipinski definition) is 5. The Morgan fingerprint density at radius 2 is 1.80 bits per heavy atom. The molecule has 0 fully saturated rings. The number of amides is 1. The van der Waals surface area contributed by atoms with Gasteiger partial charge >= 0.3 is 6.18 Å². The van der Waals surface area contributed by atoms with Gasteiger partial charge in [0.15, 0.2) is 11.4 Å². The molecule has 0 saturated heterocycles. The second kappa shape index (κ2) is 8.68. The number of hydrogen-bond acceptors (Lipinski definition) is 8. The number of aliphatic hydroxyl groups excluding tert-OH is 3. The number of halogens is 3. The van der Waals surface area contributed by atoms with Crippen molar-refractivity contribution in [3.8, 4) is 0 Å². The zero-order valence-electron chi connectivity index (χ0n) is 18.5. The van der Waals surface area contributed by atoms with Crippen LogP contribution in [0.15, 0.2) is 51.2 Å². The summed E-state index contributed by atoms with van der Waals surface area (Å²) >= 11 is 0. The molecule has 9 nitrogen and oxygen atoms in total. The molecular weight excluding hydrogens is 550 g/mol. The number of Topliss-reactive ketones (excluding diaryl/α,β-unsaturated/α-hetero) is 2. The standard InChI is InChI=1S/C22H20F3N2O7.Y/c1-27(2)15-10-6-7-5-8-9(22(23,24)25)3-4-11(28)13(8)16(29)12(7)18(31)21(10,34)19(32)14(17(15)30)20(26)33;/h3,7,10,15,29,31-32,34H,5-6H2,1-2H3,(H2,26,33);/q-1;/t7-,10-,15-,21-;/m0./s1. The van der Waals surface area contributed by atoms with Gasteiger partial charge in [0, 0.05) is 44.2 Å². The summed E-state index contributed by atoms with van der Waals surface area (Å²) in [4.78, 5) is 38.5.